The van der Waals surface area contributed by atoms with E-state index in [1.807, 2.05) is 20.8 Å². The van der Waals surface area contributed by atoms with Crippen LogP contribution in [0.3, 0.4) is 0 Å². The number of carbonyl (C=O) groups is 9. The normalized spacial score (nSPS) is 24.4. The molecular formula is C63H92ClN5O17. The number of halogens is 1. The van der Waals surface area contributed by atoms with Gasteiger partial charge in [-0.15, -0.1) is 0 Å². The summed E-state index contributed by atoms with van der Waals surface area (Å²) in [6.07, 6.45) is -7.79. The number of esters is 2. The molecule has 2 aliphatic rings. The van der Waals surface area contributed by atoms with Crippen molar-refractivity contribution in [2.24, 2.45) is 29.1 Å². The Morgan fingerprint density at radius 2 is 1.50 bits per heavy atom. The van der Waals surface area contributed by atoms with E-state index in [0.717, 1.165) is 11.1 Å². The first-order valence-electron chi connectivity index (χ1n) is 29.7. The Labute approximate surface area is 510 Å². The molecular weight excluding hydrogens is 1130 g/mol. The maximum Gasteiger partial charge on any atom is 0.347 e. The van der Waals surface area contributed by atoms with Crippen molar-refractivity contribution in [3.8, 4) is 0 Å². The molecule has 478 valence electrons. The molecule has 2 aromatic rings. The molecule has 4 rings (SSSR count). The van der Waals surface area contributed by atoms with Crippen LogP contribution < -0.4 is 26.6 Å². The fourth-order valence-corrected chi connectivity index (χ4v) is 10.3. The number of carbonyl (C=O) groups excluding carboxylic acids is 9. The van der Waals surface area contributed by atoms with Crippen molar-refractivity contribution in [3.05, 3.63) is 81.9 Å². The Kier molecular flexibility index (Phi) is 28.9. The molecule has 1 saturated heterocycles. The number of benzene rings is 2. The van der Waals surface area contributed by atoms with Gasteiger partial charge in [0.15, 0.2) is 18.2 Å². The maximum absolute atomic E-state index is 14.2. The number of aliphatic hydroxyl groups is 4. The minimum absolute atomic E-state index is 0.00699. The van der Waals surface area contributed by atoms with Gasteiger partial charge in [0.05, 0.1) is 17.6 Å². The molecule has 0 aliphatic carbocycles. The van der Waals surface area contributed by atoms with Crippen LogP contribution in [0.15, 0.2) is 54.6 Å². The molecule has 0 bridgehead atoms. The average Bonchev–Trinajstić information content (AvgIpc) is 3.32. The summed E-state index contributed by atoms with van der Waals surface area (Å²) in [7, 11) is 2.73. The van der Waals surface area contributed by atoms with E-state index in [0.29, 0.717) is 16.1 Å². The Morgan fingerprint density at radius 1 is 0.837 bits per heavy atom. The lowest BCUT2D eigenvalue weighted by atomic mass is 9.83. The number of cyclic esters (lactones) is 2. The van der Waals surface area contributed by atoms with Gasteiger partial charge in [0.1, 0.15) is 42.3 Å². The standard InChI is InChI=1S/C63H92ClN5O17/c1-34(2)28-48-60(81)84-47(14-12-16-52(74)68-44(30-40-19-18-36(5)43(64)29-40)59(80)67-33-63(8,9)62(82)86-48)38(7)55(76)37(6)41-23-20-39(21-24-41)22-26-45(70)42(31-46(71)54(35(3)4)69-53(75)17-13-15-50(72)65-10)25-27-51(73)66-32-49-56(77)57(78)58(79)61(83-11)85-49/h12,16,18-21,23-24,29,34-35,37-38,42,44,47-49,54-58,61,76-79H,13-15,17,22,25-28,30-33H2,1-11H3,(H,65,72)(H,66,73)(H,67,80)(H,68,74)(H,69,75)/b16-12+/t37-,38+,42-,44-,47+,48+,49-,54+,55+,56-,57+,58-,61-/m1/s1. The van der Waals surface area contributed by atoms with Gasteiger partial charge in [-0.2, -0.15) is 0 Å². The van der Waals surface area contributed by atoms with Crippen LogP contribution in [0.5, 0.6) is 0 Å². The second-order valence-electron chi connectivity index (χ2n) is 24.2. The van der Waals surface area contributed by atoms with Crippen molar-refractivity contribution in [2.75, 3.05) is 27.2 Å². The number of hydrogen-bond donors (Lipinski definition) is 9. The van der Waals surface area contributed by atoms with Crippen molar-refractivity contribution < 1.29 is 82.5 Å². The summed E-state index contributed by atoms with van der Waals surface area (Å²) < 4.78 is 22.5. The lowest BCUT2D eigenvalue weighted by molar-refractivity contribution is -0.288. The minimum atomic E-state index is -1.61. The molecule has 0 radical (unpaired) electrons. The molecule has 0 aromatic heterocycles. The zero-order chi connectivity index (χ0) is 64.2. The number of nitrogens with one attached hydrogen (secondary N) is 5. The summed E-state index contributed by atoms with van der Waals surface area (Å²) in [6, 6.07) is 10.5. The predicted octanol–water partition coefficient (Wildman–Crippen LogP) is 3.93. The first kappa shape index (κ1) is 72.3. The third-order valence-electron chi connectivity index (χ3n) is 15.9. The predicted molar refractivity (Wildman–Crippen MR) is 319 cm³/mol. The van der Waals surface area contributed by atoms with Crippen LogP contribution >= 0.6 is 11.6 Å². The van der Waals surface area contributed by atoms with Gasteiger partial charge in [0.2, 0.25) is 29.5 Å². The van der Waals surface area contributed by atoms with Crippen molar-refractivity contribution in [1.82, 2.24) is 26.6 Å². The van der Waals surface area contributed by atoms with Gasteiger partial charge in [-0.05, 0) is 92.7 Å². The molecule has 0 unspecified atom stereocenters. The van der Waals surface area contributed by atoms with E-state index in [-0.39, 0.29) is 107 Å². The first-order chi connectivity index (χ1) is 40.5. The van der Waals surface area contributed by atoms with Gasteiger partial charge in [-0.3, -0.25) is 38.4 Å². The Morgan fingerprint density at radius 3 is 2.13 bits per heavy atom. The number of ether oxygens (including phenoxy) is 4. The van der Waals surface area contributed by atoms with E-state index in [2.05, 4.69) is 26.6 Å². The highest BCUT2D eigenvalue weighted by Crippen LogP contribution is 2.31. The van der Waals surface area contributed by atoms with Crippen molar-refractivity contribution in [2.45, 2.75) is 200 Å². The second-order valence-corrected chi connectivity index (χ2v) is 24.6. The van der Waals surface area contributed by atoms with Gasteiger partial charge in [0.25, 0.3) is 0 Å². The zero-order valence-corrected chi connectivity index (χ0v) is 52.3. The largest absolute Gasteiger partial charge is 0.459 e. The lowest BCUT2D eigenvalue weighted by Gasteiger charge is -2.39. The van der Waals surface area contributed by atoms with Crippen LogP contribution in [-0.2, 0) is 74.9 Å². The van der Waals surface area contributed by atoms with Gasteiger partial charge >= 0.3 is 11.9 Å². The number of rotatable bonds is 27. The molecule has 22 nitrogen and oxygen atoms in total. The third-order valence-corrected chi connectivity index (χ3v) is 16.3. The van der Waals surface area contributed by atoms with E-state index in [1.54, 1.807) is 84.0 Å². The number of amides is 5. The maximum atomic E-state index is 14.2. The molecule has 1 fully saturated rings. The Hall–Kier alpha value is -6.14. The number of aryl methyl sites for hydroxylation is 2. The SMILES string of the molecule is CNC(=O)CCCC(=O)N[C@H](C(=O)C[C@@H](CCC(=O)NC[C@H]1O[C@@H](OC)[C@H](O)[C@@H](O)[C@@H]1O)C(=O)CCc1ccc([C@@H](C)[C@H](O)[C@@H](C)[C@@H]2C/C=C/C(=O)N[C@H](Cc3ccc(C)c(Cl)c3)C(=O)NCC(C)(C)C(=O)O[C@@H](CC(C)C)C(=O)O2)cc1)C(C)C. The zero-order valence-electron chi connectivity index (χ0n) is 51.5. The number of Topliss-reactive ketones (excluding diaryl/α,β-unsaturated/α-hetero) is 2. The monoisotopic (exact) mass is 1230 g/mol. The van der Waals surface area contributed by atoms with E-state index < -0.39 is 126 Å². The van der Waals surface area contributed by atoms with Crippen LogP contribution in [0.4, 0.5) is 0 Å². The molecule has 23 heteroatoms. The Balaban J connectivity index is 1.52. The van der Waals surface area contributed by atoms with Crippen LogP contribution in [0.1, 0.15) is 141 Å². The van der Waals surface area contributed by atoms with E-state index in [9.17, 15) is 63.6 Å². The number of ketones is 2. The summed E-state index contributed by atoms with van der Waals surface area (Å²) in [5.74, 6) is -7.51. The quantitative estimate of drug-likeness (QED) is 0.0572. The molecule has 0 spiro atoms. The fraction of sp³-hybridized carbons (Fsp3) is 0.635. The number of methoxy groups -OCH3 is 1. The van der Waals surface area contributed by atoms with E-state index >= 15 is 0 Å². The van der Waals surface area contributed by atoms with Gasteiger partial charge in [0, 0.05) is 95.0 Å². The molecule has 86 heavy (non-hydrogen) atoms. The van der Waals surface area contributed by atoms with E-state index in [1.165, 1.54) is 26.3 Å². The highest BCUT2D eigenvalue weighted by molar-refractivity contribution is 6.31. The smallest absolute Gasteiger partial charge is 0.347 e. The average molecular weight is 1230 g/mol. The van der Waals surface area contributed by atoms with Crippen LogP contribution in [0.25, 0.3) is 0 Å². The van der Waals surface area contributed by atoms with Gasteiger partial charge in [-0.1, -0.05) is 95.6 Å². The highest BCUT2D eigenvalue weighted by Gasteiger charge is 2.44. The summed E-state index contributed by atoms with van der Waals surface area (Å²) in [6.45, 7) is 15.2. The van der Waals surface area contributed by atoms with Crippen molar-refractivity contribution in [3.63, 3.8) is 0 Å². The molecule has 2 aliphatic heterocycles. The highest BCUT2D eigenvalue weighted by atomic mass is 35.5. The second kappa shape index (κ2) is 34.4. The summed E-state index contributed by atoms with van der Waals surface area (Å²) in [5, 5.41) is 56.9. The molecule has 2 heterocycles. The topological polar surface area (TPSA) is 332 Å². The van der Waals surface area contributed by atoms with Crippen LogP contribution in [0, 0.1) is 36.0 Å². The summed E-state index contributed by atoms with van der Waals surface area (Å²) in [5.41, 5.74) is 1.63. The molecule has 9 N–H and O–H groups in total. The summed E-state index contributed by atoms with van der Waals surface area (Å²) in [4.78, 5) is 121. The van der Waals surface area contributed by atoms with Gasteiger partial charge < -0.3 is 66.0 Å². The Bertz CT molecular complexity index is 2660. The van der Waals surface area contributed by atoms with Gasteiger partial charge in [-0.25, -0.2) is 4.79 Å². The van der Waals surface area contributed by atoms with Crippen molar-refractivity contribution in [1.29, 1.82) is 0 Å². The third kappa shape index (κ3) is 22.2. The van der Waals surface area contributed by atoms with Crippen molar-refractivity contribution >= 4 is 64.6 Å². The van der Waals surface area contributed by atoms with E-state index in [4.69, 9.17) is 30.5 Å². The fourth-order valence-electron chi connectivity index (χ4n) is 10.1. The number of hydrogen-bond acceptors (Lipinski definition) is 17. The molecule has 13 atom stereocenters. The first-order valence-corrected chi connectivity index (χ1v) is 30.1. The lowest BCUT2D eigenvalue weighted by Crippen LogP contribution is -2.60. The molecule has 2 aromatic carbocycles. The van der Waals surface area contributed by atoms with Crippen LogP contribution in [-0.4, -0.2) is 162 Å². The minimum Gasteiger partial charge on any atom is -0.459 e. The summed E-state index contributed by atoms with van der Waals surface area (Å²) >= 11 is 6.40. The van der Waals surface area contributed by atoms with Crippen LogP contribution in [0.2, 0.25) is 5.02 Å². The number of aliphatic hydroxyl groups excluding tert-OH is 4. The molecule has 0 saturated carbocycles. The molecule has 5 amide bonds.